The molecule has 5 nitrogen and oxygen atoms in total. The Morgan fingerprint density at radius 2 is 2.07 bits per heavy atom. The van der Waals surface area contributed by atoms with E-state index in [2.05, 4.69) is 17.2 Å². The number of para-hydroxylation sites is 1. The maximum absolute atomic E-state index is 12.6. The quantitative estimate of drug-likeness (QED) is 0.214. The van der Waals surface area contributed by atoms with Gasteiger partial charge < -0.3 is 20.5 Å². The van der Waals surface area contributed by atoms with Crippen molar-refractivity contribution in [1.82, 2.24) is 5.32 Å². The van der Waals surface area contributed by atoms with E-state index in [1.165, 1.54) is 5.57 Å². The van der Waals surface area contributed by atoms with Crippen molar-refractivity contribution in [1.29, 1.82) is 0 Å². The number of amides is 1. The Morgan fingerprint density at radius 3 is 2.73 bits per heavy atom. The van der Waals surface area contributed by atoms with E-state index in [0.29, 0.717) is 43.9 Å². The van der Waals surface area contributed by atoms with Gasteiger partial charge in [0.2, 0.25) is 0 Å². The molecule has 1 aliphatic carbocycles. The Labute approximate surface area is 179 Å². The van der Waals surface area contributed by atoms with E-state index < -0.39 is 0 Å². The van der Waals surface area contributed by atoms with E-state index in [1.54, 1.807) is 0 Å². The fraction of sp³-hybridized carbons (Fsp3) is 0.400. The molecule has 1 heterocycles. The van der Waals surface area contributed by atoms with Gasteiger partial charge >= 0.3 is 0 Å². The van der Waals surface area contributed by atoms with E-state index in [0.717, 1.165) is 47.4 Å². The predicted octanol–water partition coefficient (Wildman–Crippen LogP) is 5.25. The summed E-state index contributed by atoms with van der Waals surface area (Å²) in [7, 11) is 0. The molecule has 30 heavy (non-hydrogen) atoms. The van der Waals surface area contributed by atoms with Crippen LogP contribution >= 0.6 is 0 Å². The van der Waals surface area contributed by atoms with Gasteiger partial charge in [-0.3, -0.25) is 4.79 Å². The predicted molar refractivity (Wildman–Crippen MR) is 122 cm³/mol. The van der Waals surface area contributed by atoms with Crippen LogP contribution < -0.4 is 10.6 Å². The molecular weight excluding hydrogens is 376 g/mol. The number of fused-ring (bicyclic) bond motifs is 1. The number of hydrogen-bond acceptors (Lipinski definition) is 4. The van der Waals surface area contributed by atoms with Crippen LogP contribution in [0.5, 0.6) is 0 Å². The van der Waals surface area contributed by atoms with Gasteiger partial charge in [-0.15, -0.1) is 0 Å². The minimum absolute atomic E-state index is 0.110. The third-order valence-corrected chi connectivity index (χ3v) is 5.58. The van der Waals surface area contributed by atoms with E-state index in [9.17, 15) is 9.90 Å². The summed E-state index contributed by atoms with van der Waals surface area (Å²) < 4.78 is 5.47. The highest BCUT2D eigenvalue weighted by Gasteiger charge is 2.24. The number of anilines is 1. The van der Waals surface area contributed by atoms with Crippen molar-refractivity contribution in [2.75, 3.05) is 25.1 Å². The van der Waals surface area contributed by atoms with E-state index in [4.69, 9.17) is 4.74 Å². The van der Waals surface area contributed by atoms with Crippen LogP contribution in [0.2, 0.25) is 0 Å². The van der Waals surface area contributed by atoms with Gasteiger partial charge in [0.1, 0.15) is 0 Å². The summed E-state index contributed by atoms with van der Waals surface area (Å²) in [6.07, 6.45) is 6.31. The van der Waals surface area contributed by atoms with Gasteiger partial charge in [-0.25, -0.2) is 0 Å². The maximum atomic E-state index is 12.6. The molecule has 3 rings (SSSR count). The molecule has 1 aromatic carbocycles. The summed E-state index contributed by atoms with van der Waals surface area (Å²) in [5.74, 6) is 0.395. The van der Waals surface area contributed by atoms with E-state index in [-0.39, 0.29) is 5.91 Å². The van der Waals surface area contributed by atoms with Crippen LogP contribution in [0.1, 0.15) is 51.5 Å². The number of nitrogens with one attached hydrogen (secondary N) is 2. The van der Waals surface area contributed by atoms with Crippen LogP contribution in [-0.2, 0) is 9.53 Å². The molecule has 5 heteroatoms. The molecule has 0 aromatic heterocycles. The zero-order valence-electron chi connectivity index (χ0n) is 18.0. The smallest absolute Gasteiger partial charge is 0.256 e. The minimum Gasteiger partial charge on any atom is -0.512 e. The van der Waals surface area contributed by atoms with Crippen LogP contribution in [0.3, 0.4) is 0 Å². The van der Waals surface area contributed by atoms with Gasteiger partial charge in [0, 0.05) is 36.5 Å². The Bertz CT molecular complexity index is 903. The third-order valence-electron chi connectivity index (χ3n) is 5.58. The summed E-state index contributed by atoms with van der Waals surface area (Å²) in [5, 5.41) is 16.8. The average molecular weight is 409 g/mol. The van der Waals surface area contributed by atoms with Crippen molar-refractivity contribution in [2.24, 2.45) is 0 Å². The largest absolute Gasteiger partial charge is 0.512 e. The second-order valence-electron chi connectivity index (χ2n) is 7.76. The lowest BCUT2D eigenvalue weighted by atomic mass is 9.89. The van der Waals surface area contributed by atoms with Gasteiger partial charge in [0.15, 0.2) is 0 Å². The monoisotopic (exact) mass is 408 g/mol. The fourth-order valence-electron chi connectivity index (χ4n) is 3.71. The summed E-state index contributed by atoms with van der Waals surface area (Å²) in [4.78, 5) is 12.6. The second-order valence-corrected chi connectivity index (χ2v) is 7.76. The number of carbonyl (C=O) groups excluding carboxylic acids is 1. The molecule has 0 saturated heterocycles. The normalized spacial score (nSPS) is 17.2. The maximum Gasteiger partial charge on any atom is 0.256 e. The van der Waals surface area contributed by atoms with Gasteiger partial charge in [-0.2, -0.15) is 0 Å². The number of aliphatic hydroxyl groups is 1. The van der Waals surface area contributed by atoms with Gasteiger partial charge in [-0.1, -0.05) is 30.4 Å². The molecule has 1 aromatic rings. The average Bonchev–Trinajstić information content (AvgIpc) is 2.98. The zero-order valence-corrected chi connectivity index (χ0v) is 18.0. The molecule has 0 radical (unpaired) electrons. The number of rotatable bonds is 10. The molecule has 2 aliphatic rings. The Morgan fingerprint density at radius 1 is 1.30 bits per heavy atom. The Balaban J connectivity index is 1.92. The highest BCUT2D eigenvalue weighted by Crippen LogP contribution is 2.34. The molecule has 1 saturated carbocycles. The molecule has 160 valence electrons. The van der Waals surface area contributed by atoms with Crippen molar-refractivity contribution in [3.63, 3.8) is 0 Å². The lowest BCUT2D eigenvalue weighted by Gasteiger charge is -2.20. The first-order valence-electron chi connectivity index (χ1n) is 10.7. The van der Waals surface area contributed by atoms with Crippen molar-refractivity contribution in [3.05, 3.63) is 70.7 Å². The van der Waals surface area contributed by atoms with Gasteiger partial charge in [-0.05, 0) is 62.8 Å². The molecule has 3 N–H and O–H groups in total. The summed E-state index contributed by atoms with van der Waals surface area (Å²) in [6.45, 7) is 9.95. The van der Waals surface area contributed by atoms with Crippen LogP contribution in [-0.4, -0.2) is 30.8 Å². The first-order chi connectivity index (χ1) is 14.5. The standard InChI is InChI=1S/C25H32N2O3/c1-4-30-15-14-26-23(16-21-20-10-5-6-11-22(20)27-25(21)29)19(17(2)3)12-13-24(28)18-8-7-9-18/h5-6,10-11,16,26,28H,2,4,7-9,12-15H2,1,3H3,(H,27,29)/b21-16-,23-19-. The van der Waals surface area contributed by atoms with Crippen LogP contribution in [0.25, 0.3) is 5.57 Å². The number of hydrogen-bond donors (Lipinski definition) is 3. The third kappa shape index (κ3) is 5.22. The number of allylic oxidation sites excluding steroid dienone is 5. The lowest BCUT2D eigenvalue weighted by Crippen LogP contribution is -2.21. The number of ether oxygens (including phenoxy) is 1. The topological polar surface area (TPSA) is 70.6 Å². The molecule has 0 unspecified atom stereocenters. The van der Waals surface area contributed by atoms with Crippen molar-refractivity contribution >= 4 is 17.2 Å². The Hall–Kier alpha value is -2.79. The van der Waals surface area contributed by atoms with Crippen molar-refractivity contribution < 1.29 is 14.6 Å². The minimum atomic E-state index is -0.110. The molecule has 1 fully saturated rings. The van der Waals surface area contributed by atoms with Crippen LogP contribution in [0, 0.1) is 0 Å². The molecule has 1 aliphatic heterocycles. The summed E-state index contributed by atoms with van der Waals surface area (Å²) >= 11 is 0. The molecule has 0 atom stereocenters. The number of benzene rings is 1. The van der Waals surface area contributed by atoms with E-state index >= 15 is 0 Å². The van der Waals surface area contributed by atoms with Crippen LogP contribution in [0.4, 0.5) is 5.69 Å². The fourth-order valence-corrected chi connectivity index (χ4v) is 3.71. The molecular formula is C25H32N2O3. The van der Waals surface area contributed by atoms with Gasteiger partial charge in [0.25, 0.3) is 5.91 Å². The highest BCUT2D eigenvalue weighted by atomic mass is 16.5. The first kappa shape index (κ1) is 21.9. The summed E-state index contributed by atoms with van der Waals surface area (Å²) in [6, 6.07) is 7.70. The van der Waals surface area contributed by atoms with Crippen LogP contribution in [0.15, 0.2) is 65.1 Å². The Kier molecular flexibility index (Phi) is 7.52. The van der Waals surface area contributed by atoms with Crippen molar-refractivity contribution in [3.8, 4) is 0 Å². The number of aliphatic hydroxyl groups excluding tert-OH is 1. The highest BCUT2D eigenvalue weighted by molar-refractivity contribution is 6.31. The SMILES string of the molecule is C=C(C)/C(CCC(O)=C1CCC1)=C(/C=C1\C(=O)Nc2ccccc21)NCCOCC. The summed E-state index contributed by atoms with van der Waals surface area (Å²) in [5.41, 5.74) is 6.31. The number of carbonyl (C=O) groups is 1. The molecule has 1 amide bonds. The second kappa shape index (κ2) is 10.3. The van der Waals surface area contributed by atoms with Gasteiger partial charge in [0.05, 0.1) is 17.9 Å². The van der Waals surface area contributed by atoms with Crippen molar-refractivity contribution in [2.45, 2.75) is 46.0 Å². The van der Waals surface area contributed by atoms with E-state index in [1.807, 2.05) is 44.2 Å². The zero-order chi connectivity index (χ0) is 21.5. The first-order valence-corrected chi connectivity index (χ1v) is 10.7. The molecule has 0 bridgehead atoms. The molecule has 0 spiro atoms. The lowest BCUT2D eigenvalue weighted by molar-refractivity contribution is -0.110.